The number of nitrogens with zero attached hydrogens (tertiary/aromatic N) is 1. The molecule has 0 saturated carbocycles. The van der Waals surface area contributed by atoms with Gasteiger partial charge >= 0.3 is 0 Å². The highest BCUT2D eigenvalue weighted by Gasteiger charge is 2.02. The van der Waals surface area contributed by atoms with Crippen LogP contribution in [0.1, 0.15) is 38.7 Å². The van der Waals surface area contributed by atoms with Gasteiger partial charge in [0.05, 0.1) is 0 Å². The van der Waals surface area contributed by atoms with Gasteiger partial charge in [-0.3, -0.25) is 4.98 Å². The Hall–Kier alpha value is -0.540. The molecule has 2 N–H and O–H groups in total. The third-order valence-electron chi connectivity index (χ3n) is 2.24. The minimum atomic E-state index is 0.291. The molecule has 0 spiro atoms. The van der Waals surface area contributed by atoms with Gasteiger partial charge in [0.2, 0.25) is 0 Å². The van der Waals surface area contributed by atoms with Crippen molar-refractivity contribution in [2.75, 3.05) is 5.75 Å². The van der Waals surface area contributed by atoms with Crippen LogP contribution in [-0.2, 0) is 0 Å². The van der Waals surface area contributed by atoms with Crippen LogP contribution in [0.25, 0.3) is 0 Å². The quantitative estimate of drug-likeness (QED) is 0.781. The predicted octanol–water partition coefficient (Wildman–Crippen LogP) is 3.03. The van der Waals surface area contributed by atoms with Gasteiger partial charge < -0.3 is 5.73 Å². The summed E-state index contributed by atoms with van der Waals surface area (Å²) in [6, 6.07) is 2.52. The third-order valence-corrected chi connectivity index (χ3v) is 3.24. The molecule has 1 atom stereocenters. The van der Waals surface area contributed by atoms with Crippen LogP contribution in [0.3, 0.4) is 0 Å². The monoisotopic (exact) mass is 224 g/mol. The maximum absolute atomic E-state index is 5.71. The SMILES string of the molecule is CC(N)CCSc1cncc(C(C)C)c1. The van der Waals surface area contributed by atoms with Gasteiger partial charge in [-0.05, 0) is 36.6 Å². The van der Waals surface area contributed by atoms with E-state index in [-0.39, 0.29) is 0 Å². The van der Waals surface area contributed by atoms with E-state index in [9.17, 15) is 0 Å². The van der Waals surface area contributed by atoms with Crippen molar-refractivity contribution in [1.29, 1.82) is 0 Å². The van der Waals surface area contributed by atoms with Crippen molar-refractivity contribution in [2.24, 2.45) is 5.73 Å². The molecule has 0 aromatic carbocycles. The van der Waals surface area contributed by atoms with Crippen molar-refractivity contribution in [3.63, 3.8) is 0 Å². The van der Waals surface area contributed by atoms with Crippen LogP contribution in [0.4, 0.5) is 0 Å². The Kier molecular flexibility index (Phi) is 5.12. The van der Waals surface area contributed by atoms with Crippen molar-refractivity contribution in [2.45, 2.75) is 44.0 Å². The molecular formula is C12H20N2S. The zero-order valence-electron chi connectivity index (χ0n) is 9.73. The van der Waals surface area contributed by atoms with E-state index in [1.807, 2.05) is 31.1 Å². The number of hydrogen-bond acceptors (Lipinski definition) is 3. The summed E-state index contributed by atoms with van der Waals surface area (Å²) in [6.07, 6.45) is 4.93. The highest BCUT2D eigenvalue weighted by atomic mass is 32.2. The summed E-state index contributed by atoms with van der Waals surface area (Å²) in [5, 5.41) is 0. The van der Waals surface area contributed by atoms with Gasteiger partial charge in [-0.15, -0.1) is 11.8 Å². The molecule has 3 heteroatoms. The van der Waals surface area contributed by atoms with Crippen LogP contribution < -0.4 is 5.73 Å². The molecule has 0 bridgehead atoms. The molecule has 0 aliphatic heterocycles. The standard InChI is InChI=1S/C12H20N2S/c1-9(2)11-6-12(8-14-7-11)15-5-4-10(3)13/h6-10H,4-5,13H2,1-3H3. The smallest absolute Gasteiger partial charge is 0.0404 e. The van der Waals surface area contributed by atoms with Crippen molar-refractivity contribution < 1.29 is 0 Å². The molecule has 84 valence electrons. The first-order chi connectivity index (χ1) is 7.09. The maximum Gasteiger partial charge on any atom is 0.0404 e. The highest BCUT2D eigenvalue weighted by molar-refractivity contribution is 7.99. The maximum atomic E-state index is 5.71. The summed E-state index contributed by atoms with van der Waals surface area (Å²) in [4.78, 5) is 5.50. The van der Waals surface area contributed by atoms with Crippen LogP contribution in [0.2, 0.25) is 0 Å². The lowest BCUT2D eigenvalue weighted by molar-refractivity contribution is 0.721. The number of hydrogen-bond donors (Lipinski definition) is 1. The van der Waals surface area contributed by atoms with E-state index in [4.69, 9.17) is 5.73 Å². The second-order valence-electron chi connectivity index (χ2n) is 4.22. The summed E-state index contributed by atoms with van der Waals surface area (Å²) in [7, 11) is 0. The zero-order chi connectivity index (χ0) is 11.3. The molecule has 0 saturated heterocycles. The third kappa shape index (κ3) is 4.67. The molecule has 1 unspecified atom stereocenters. The molecule has 1 aromatic heterocycles. The average molecular weight is 224 g/mol. The second kappa shape index (κ2) is 6.13. The Morgan fingerprint density at radius 2 is 2.07 bits per heavy atom. The molecule has 1 rings (SSSR count). The van der Waals surface area contributed by atoms with Crippen LogP contribution >= 0.6 is 11.8 Å². The summed E-state index contributed by atoms with van der Waals surface area (Å²) in [6.45, 7) is 6.42. The van der Waals surface area contributed by atoms with Gasteiger partial charge in [0.25, 0.3) is 0 Å². The summed E-state index contributed by atoms with van der Waals surface area (Å²) >= 11 is 1.84. The Balaban J connectivity index is 2.50. The van der Waals surface area contributed by atoms with Gasteiger partial charge in [0.15, 0.2) is 0 Å². The summed E-state index contributed by atoms with van der Waals surface area (Å²) in [5.41, 5.74) is 7.01. The predicted molar refractivity (Wildman–Crippen MR) is 67.3 cm³/mol. The first kappa shape index (κ1) is 12.5. The Morgan fingerprint density at radius 1 is 1.33 bits per heavy atom. The summed E-state index contributed by atoms with van der Waals surface area (Å²) in [5.74, 6) is 1.62. The lowest BCUT2D eigenvalue weighted by Gasteiger charge is -2.08. The van der Waals surface area contributed by atoms with Gasteiger partial charge in [-0.25, -0.2) is 0 Å². The first-order valence-electron chi connectivity index (χ1n) is 5.43. The number of thioether (sulfide) groups is 1. The number of nitrogens with two attached hydrogens (primary N) is 1. The Morgan fingerprint density at radius 3 is 2.67 bits per heavy atom. The van der Waals surface area contributed by atoms with Gasteiger partial charge in [-0.1, -0.05) is 13.8 Å². The molecular weight excluding hydrogens is 204 g/mol. The fourth-order valence-corrected chi connectivity index (χ4v) is 2.27. The van der Waals surface area contributed by atoms with E-state index in [1.165, 1.54) is 10.5 Å². The van der Waals surface area contributed by atoms with Crippen molar-refractivity contribution in [3.8, 4) is 0 Å². The lowest BCUT2D eigenvalue weighted by atomic mass is 10.1. The molecule has 0 radical (unpaired) electrons. The highest BCUT2D eigenvalue weighted by Crippen LogP contribution is 2.22. The van der Waals surface area contributed by atoms with E-state index in [0.717, 1.165) is 12.2 Å². The molecule has 1 aromatic rings. The number of pyridine rings is 1. The largest absolute Gasteiger partial charge is 0.328 e. The molecule has 0 aliphatic rings. The molecule has 15 heavy (non-hydrogen) atoms. The van der Waals surface area contributed by atoms with E-state index in [1.54, 1.807) is 0 Å². The fraction of sp³-hybridized carbons (Fsp3) is 0.583. The Bertz CT molecular complexity index is 297. The van der Waals surface area contributed by atoms with E-state index in [0.29, 0.717) is 12.0 Å². The molecule has 0 amide bonds. The molecule has 0 aliphatic carbocycles. The molecule has 1 heterocycles. The van der Waals surface area contributed by atoms with Crippen molar-refractivity contribution >= 4 is 11.8 Å². The van der Waals surface area contributed by atoms with Crippen molar-refractivity contribution in [3.05, 3.63) is 24.0 Å². The number of rotatable bonds is 5. The zero-order valence-corrected chi connectivity index (χ0v) is 10.6. The van der Waals surface area contributed by atoms with Gasteiger partial charge in [0, 0.05) is 23.3 Å². The second-order valence-corrected chi connectivity index (χ2v) is 5.39. The molecule has 0 fully saturated rings. The first-order valence-corrected chi connectivity index (χ1v) is 6.41. The normalized spacial score (nSPS) is 13.1. The lowest BCUT2D eigenvalue weighted by Crippen LogP contribution is -2.15. The van der Waals surface area contributed by atoms with E-state index >= 15 is 0 Å². The van der Waals surface area contributed by atoms with Crippen molar-refractivity contribution in [1.82, 2.24) is 4.98 Å². The van der Waals surface area contributed by atoms with E-state index in [2.05, 4.69) is 24.9 Å². The topological polar surface area (TPSA) is 38.9 Å². The molecule has 2 nitrogen and oxygen atoms in total. The van der Waals surface area contributed by atoms with Gasteiger partial charge in [0.1, 0.15) is 0 Å². The number of aromatic nitrogens is 1. The Labute approximate surface area is 96.7 Å². The van der Waals surface area contributed by atoms with E-state index < -0.39 is 0 Å². The van der Waals surface area contributed by atoms with Gasteiger partial charge in [-0.2, -0.15) is 0 Å². The summed E-state index contributed by atoms with van der Waals surface area (Å²) < 4.78 is 0. The van der Waals surface area contributed by atoms with Crippen LogP contribution in [0, 0.1) is 0 Å². The fourth-order valence-electron chi connectivity index (χ4n) is 1.19. The minimum absolute atomic E-state index is 0.291. The van der Waals surface area contributed by atoms with Crippen LogP contribution in [0.15, 0.2) is 23.4 Å². The minimum Gasteiger partial charge on any atom is -0.328 e. The average Bonchev–Trinajstić information content (AvgIpc) is 2.17. The van der Waals surface area contributed by atoms with Crippen LogP contribution in [-0.4, -0.2) is 16.8 Å². The van der Waals surface area contributed by atoms with Crippen LogP contribution in [0.5, 0.6) is 0 Å².